The molecule has 0 unspecified atom stereocenters. The second kappa shape index (κ2) is 8.40. The molecule has 0 N–H and O–H groups in total. The Balaban J connectivity index is 1.83. The molecule has 0 saturated carbocycles. The van der Waals surface area contributed by atoms with Gasteiger partial charge in [-0.2, -0.15) is 0 Å². The van der Waals surface area contributed by atoms with Crippen molar-refractivity contribution in [1.82, 2.24) is 4.90 Å². The second-order valence-electron chi connectivity index (χ2n) is 7.68. The smallest absolute Gasteiger partial charge is 0.411 e. The summed E-state index contributed by atoms with van der Waals surface area (Å²) in [5.74, 6) is 0. The van der Waals surface area contributed by atoms with Crippen molar-refractivity contribution in [3.63, 3.8) is 0 Å². The van der Waals surface area contributed by atoms with Crippen LogP contribution in [0.5, 0.6) is 0 Å². The normalized spacial score (nSPS) is 19.7. The lowest BCUT2D eigenvalue weighted by Crippen LogP contribution is -2.45. The lowest BCUT2D eigenvalue weighted by atomic mass is 9.96. The van der Waals surface area contributed by atoms with Crippen LogP contribution in [0.25, 0.3) is 0 Å². The van der Waals surface area contributed by atoms with E-state index < -0.39 is 5.60 Å². The third-order valence-corrected chi connectivity index (χ3v) is 4.33. The van der Waals surface area contributed by atoms with E-state index in [1.165, 1.54) is 0 Å². The van der Waals surface area contributed by atoms with Crippen LogP contribution in [0.3, 0.4) is 0 Å². The summed E-state index contributed by atoms with van der Waals surface area (Å²) in [6, 6.07) is 19.8. The predicted octanol–water partition coefficient (Wildman–Crippen LogP) is 5.12. The van der Waals surface area contributed by atoms with Crippen LogP contribution in [-0.2, 0) is 16.1 Å². The summed E-state index contributed by atoms with van der Waals surface area (Å²) in [7, 11) is 0. The number of benzene rings is 2. The first kappa shape index (κ1) is 19.2. The number of carbonyl (C=O) groups excluding carboxylic acids is 1. The Morgan fingerprint density at radius 2 is 1.67 bits per heavy atom. The Morgan fingerprint density at radius 1 is 1.04 bits per heavy atom. The number of rotatable bonds is 4. The van der Waals surface area contributed by atoms with Gasteiger partial charge in [-0.15, -0.1) is 0 Å². The highest BCUT2D eigenvalue weighted by Crippen LogP contribution is 2.32. The fourth-order valence-electron chi connectivity index (χ4n) is 3.15. The van der Waals surface area contributed by atoms with E-state index in [2.05, 4.69) is 0 Å². The van der Waals surface area contributed by atoms with Gasteiger partial charge in [-0.25, -0.2) is 4.79 Å². The SMILES string of the molecule is CC(C)(C)OC(=O)N1CC=C[C@H](OCc2ccccc2)[C@@H]1c1ccccc1. The molecule has 1 amide bonds. The van der Waals surface area contributed by atoms with Crippen LogP contribution in [0.15, 0.2) is 72.8 Å². The van der Waals surface area contributed by atoms with E-state index in [1.807, 2.05) is 93.6 Å². The van der Waals surface area contributed by atoms with Crippen LogP contribution in [0.1, 0.15) is 37.9 Å². The van der Waals surface area contributed by atoms with Crippen molar-refractivity contribution < 1.29 is 14.3 Å². The number of hydrogen-bond acceptors (Lipinski definition) is 3. The molecule has 1 aliphatic rings. The van der Waals surface area contributed by atoms with Crippen molar-refractivity contribution in [2.75, 3.05) is 6.54 Å². The average Bonchev–Trinajstić information content (AvgIpc) is 2.66. The summed E-state index contributed by atoms with van der Waals surface area (Å²) >= 11 is 0. The largest absolute Gasteiger partial charge is 0.444 e. The van der Waals surface area contributed by atoms with Crippen LogP contribution >= 0.6 is 0 Å². The van der Waals surface area contributed by atoms with E-state index in [0.29, 0.717) is 13.2 Å². The molecule has 0 radical (unpaired) electrons. The van der Waals surface area contributed by atoms with Gasteiger partial charge in [0.25, 0.3) is 0 Å². The number of hydrogen-bond donors (Lipinski definition) is 0. The van der Waals surface area contributed by atoms with E-state index >= 15 is 0 Å². The van der Waals surface area contributed by atoms with Gasteiger partial charge in [-0.3, -0.25) is 4.90 Å². The van der Waals surface area contributed by atoms with Gasteiger partial charge in [0.1, 0.15) is 11.7 Å². The highest BCUT2D eigenvalue weighted by Gasteiger charge is 2.36. The fraction of sp³-hybridized carbons (Fsp3) is 0.348. The third-order valence-electron chi connectivity index (χ3n) is 4.33. The summed E-state index contributed by atoms with van der Waals surface area (Å²) in [6.45, 7) is 6.63. The number of ether oxygens (including phenoxy) is 2. The molecule has 0 aliphatic carbocycles. The molecule has 0 spiro atoms. The molecule has 4 nitrogen and oxygen atoms in total. The molecule has 2 aromatic carbocycles. The molecule has 142 valence electrons. The molecule has 0 fully saturated rings. The molecule has 1 heterocycles. The van der Waals surface area contributed by atoms with Crippen LogP contribution in [0, 0.1) is 0 Å². The topological polar surface area (TPSA) is 38.8 Å². The molecule has 2 aromatic rings. The number of amides is 1. The van der Waals surface area contributed by atoms with Gasteiger partial charge in [0.15, 0.2) is 0 Å². The van der Waals surface area contributed by atoms with Crippen LogP contribution in [0.2, 0.25) is 0 Å². The first-order valence-corrected chi connectivity index (χ1v) is 9.31. The molecule has 0 bridgehead atoms. The minimum atomic E-state index is -0.542. The third kappa shape index (κ3) is 5.20. The van der Waals surface area contributed by atoms with Gasteiger partial charge in [0.2, 0.25) is 0 Å². The Bertz CT molecular complexity index is 765. The Kier molecular flexibility index (Phi) is 5.97. The molecule has 27 heavy (non-hydrogen) atoms. The molecule has 3 rings (SSSR count). The number of carbonyl (C=O) groups is 1. The molecule has 1 aliphatic heterocycles. The van der Waals surface area contributed by atoms with Crippen molar-refractivity contribution in [3.8, 4) is 0 Å². The van der Waals surface area contributed by atoms with E-state index in [0.717, 1.165) is 11.1 Å². The van der Waals surface area contributed by atoms with E-state index in [9.17, 15) is 4.79 Å². The van der Waals surface area contributed by atoms with Crippen molar-refractivity contribution >= 4 is 6.09 Å². The van der Waals surface area contributed by atoms with Gasteiger partial charge < -0.3 is 9.47 Å². The van der Waals surface area contributed by atoms with Crippen molar-refractivity contribution in [2.45, 2.75) is 45.1 Å². The minimum absolute atomic E-state index is 0.227. The van der Waals surface area contributed by atoms with E-state index in [1.54, 1.807) is 4.90 Å². The second-order valence-corrected chi connectivity index (χ2v) is 7.68. The highest BCUT2D eigenvalue weighted by molar-refractivity contribution is 5.69. The molecule has 4 heteroatoms. The minimum Gasteiger partial charge on any atom is -0.444 e. The van der Waals surface area contributed by atoms with Crippen molar-refractivity contribution in [2.24, 2.45) is 0 Å². The molecular formula is C23H27NO3. The zero-order valence-electron chi connectivity index (χ0n) is 16.2. The molecule has 2 atom stereocenters. The lowest BCUT2D eigenvalue weighted by molar-refractivity contribution is -0.0231. The Labute approximate surface area is 161 Å². The quantitative estimate of drug-likeness (QED) is 0.706. The maximum absolute atomic E-state index is 12.8. The fourth-order valence-corrected chi connectivity index (χ4v) is 3.15. The van der Waals surface area contributed by atoms with Gasteiger partial charge >= 0.3 is 6.09 Å². The Hall–Kier alpha value is -2.59. The van der Waals surface area contributed by atoms with Gasteiger partial charge in [-0.1, -0.05) is 72.8 Å². The summed E-state index contributed by atoms with van der Waals surface area (Å²) in [5, 5.41) is 0. The standard InChI is InChI=1S/C23H27NO3/c1-23(2,3)27-22(25)24-16-10-15-20(21(24)19-13-8-5-9-14-19)26-17-18-11-6-4-7-12-18/h4-15,20-21H,16-17H2,1-3H3/t20-,21-/m0/s1. The molecule has 0 aromatic heterocycles. The zero-order valence-corrected chi connectivity index (χ0v) is 16.2. The summed E-state index contributed by atoms with van der Waals surface area (Å²) < 4.78 is 11.8. The van der Waals surface area contributed by atoms with Crippen molar-refractivity contribution in [3.05, 3.63) is 83.9 Å². The van der Waals surface area contributed by atoms with Gasteiger partial charge in [0.05, 0.1) is 12.6 Å². The maximum Gasteiger partial charge on any atom is 0.411 e. The Morgan fingerprint density at radius 3 is 2.30 bits per heavy atom. The molecular weight excluding hydrogens is 338 g/mol. The first-order valence-electron chi connectivity index (χ1n) is 9.31. The first-order chi connectivity index (χ1) is 12.9. The summed E-state index contributed by atoms with van der Waals surface area (Å²) in [5.41, 5.74) is 1.60. The zero-order chi connectivity index (χ0) is 19.3. The van der Waals surface area contributed by atoms with Gasteiger partial charge in [-0.05, 0) is 31.9 Å². The summed E-state index contributed by atoms with van der Waals surface area (Å²) in [6.07, 6.45) is 3.45. The summed E-state index contributed by atoms with van der Waals surface area (Å²) in [4.78, 5) is 14.6. The predicted molar refractivity (Wildman–Crippen MR) is 106 cm³/mol. The highest BCUT2D eigenvalue weighted by atomic mass is 16.6. The van der Waals surface area contributed by atoms with E-state index in [-0.39, 0.29) is 18.2 Å². The van der Waals surface area contributed by atoms with Crippen LogP contribution in [-0.4, -0.2) is 29.2 Å². The van der Waals surface area contributed by atoms with Gasteiger partial charge in [0, 0.05) is 6.54 Å². The van der Waals surface area contributed by atoms with Crippen LogP contribution in [0.4, 0.5) is 4.79 Å². The lowest BCUT2D eigenvalue weighted by Gasteiger charge is -2.39. The maximum atomic E-state index is 12.8. The average molecular weight is 365 g/mol. The molecule has 0 saturated heterocycles. The van der Waals surface area contributed by atoms with Crippen molar-refractivity contribution in [1.29, 1.82) is 0 Å². The number of nitrogens with zero attached hydrogens (tertiary/aromatic N) is 1. The monoisotopic (exact) mass is 365 g/mol. The van der Waals surface area contributed by atoms with E-state index in [4.69, 9.17) is 9.47 Å². The van der Waals surface area contributed by atoms with Crippen LogP contribution < -0.4 is 0 Å².